The van der Waals surface area contributed by atoms with Crippen LogP contribution in [0.5, 0.6) is 0 Å². The first-order valence-corrected chi connectivity index (χ1v) is 7.03. The van der Waals surface area contributed by atoms with Gasteiger partial charge in [0.25, 0.3) is 6.43 Å². The topological polar surface area (TPSA) is 68.0 Å². The Hall–Kier alpha value is -2.16. The van der Waals surface area contributed by atoms with Gasteiger partial charge in [-0.15, -0.1) is 26.6 Å². The summed E-state index contributed by atoms with van der Waals surface area (Å²) in [6, 6.07) is 3.26. The van der Waals surface area contributed by atoms with Gasteiger partial charge in [-0.25, -0.2) is 13.8 Å². The fourth-order valence-corrected chi connectivity index (χ4v) is 2.69. The molecule has 0 saturated heterocycles. The summed E-state index contributed by atoms with van der Waals surface area (Å²) in [5.41, 5.74) is 1.29. The molecule has 6 nitrogen and oxygen atoms in total. The van der Waals surface area contributed by atoms with Gasteiger partial charge in [-0.1, -0.05) is 0 Å². The monoisotopic (exact) mass is 310 g/mol. The van der Waals surface area contributed by atoms with Gasteiger partial charge in [0.05, 0.1) is 12.2 Å². The SMILES string of the molecule is Cc1nc(CNc2ccc3nnc(C(F)F)n3n2)sc1C. The molecule has 0 aliphatic carbocycles. The lowest BCUT2D eigenvalue weighted by Crippen LogP contribution is -2.06. The number of thiazole rings is 1. The molecule has 0 amide bonds. The van der Waals surface area contributed by atoms with E-state index in [4.69, 9.17) is 0 Å². The highest BCUT2D eigenvalue weighted by atomic mass is 32.1. The van der Waals surface area contributed by atoms with Crippen LogP contribution in [0.4, 0.5) is 14.6 Å². The highest BCUT2D eigenvalue weighted by Crippen LogP contribution is 2.19. The van der Waals surface area contributed by atoms with Crippen molar-refractivity contribution in [3.05, 3.63) is 33.5 Å². The van der Waals surface area contributed by atoms with Gasteiger partial charge in [0.2, 0.25) is 5.82 Å². The summed E-state index contributed by atoms with van der Waals surface area (Å²) in [5, 5.41) is 15.1. The third kappa shape index (κ3) is 2.68. The van der Waals surface area contributed by atoms with Gasteiger partial charge < -0.3 is 5.32 Å². The van der Waals surface area contributed by atoms with Crippen LogP contribution in [0.15, 0.2) is 12.1 Å². The van der Waals surface area contributed by atoms with E-state index in [-0.39, 0.29) is 5.65 Å². The average Bonchev–Trinajstić information content (AvgIpc) is 3.00. The molecule has 0 aliphatic heterocycles. The van der Waals surface area contributed by atoms with Crippen molar-refractivity contribution < 1.29 is 8.78 Å². The summed E-state index contributed by atoms with van der Waals surface area (Å²) >= 11 is 1.59. The molecular weight excluding hydrogens is 298 g/mol. The summed E-state index contributed by atoms with van der Waals surface area (Å²) in [5.74, 6) is 0.00398. The molecule has 0 aliphatic rings. The molecule has 3 rings (SSSR count). The minimum Gasteiger partial charge on any atom is -0.362 e. The van der Waals surface area contributed by atoms with Crippen molar-refractivity contribution in [1.29, 1.82) is 0 Å². The number of nitrogens with zero attached hydrogens (tertiary/aromatic N) is 5. The molecule has 3 aromatic heterocycles. The molecule has 0 bridgehead atoms. The fraction of sp³-hybridized carbons (Fsp3) is 0.333. The minimum atomic E-state index is -2.72. The molecule has 9 heteroatoms. The predicted octanol–water partition coefficient (Wildman–Crippen LogP) is 2.75. The smallest absolute Gasteiger partial charge is 0.299 e. The maximum Gasteiger partial charge on any atom is 0.299 e. The number of rotatable bonds is 4. The van der Waals surface area contributed by atoms with Crippen LogP contribution in [0, 0.1) is 13.8 Å². The number of fused-ring (bicyclic) bond motifs is 1. The Bertz CT molecular complexity index is 762. The van der Waals surface area contributed by atoms with Crippen LogP contribution in [-0.4, -0.2) is 24.8 Å². The third-order valence-corrected chi connectivity index (χ3v) is 4.05. The summed E-state index contributed by atoms with van der Waals surface area (Å²) in [6.07, 6.45) is -2.72. The van der Waals surface area contributed by atoms with Crippen molar-refractivity contribution >= 4 is 22.8 Å². The van der Waals surface area contributed by atoms with Crippen LogP contribution in [0.2, 0.25) is 0 Å². The molecule has 3 heterocycles. The first kappa shape index (κ1) is 13.8. The van der Waals surface area contributed by atoms with Crippen LogP contribution in [0.1, 0.15) is 27.8 Å². The second-order valence-electron chi connectivity index (χ2n) is 4.45. The Balaban J connectivity index is 1.82. The van der Waals surface area contributed by atoms with E-state index in [1.807, 2.05) is 13.8 Å². The Labute approximate surface area is 122 Å². The van der Waals surface area contributed by atoms with Gasteiger partial charge in [0, 0.05) is 4.88 Å². The van der Waals surface area contributed by atoms with E-state index in [9.17, 15) is 8.78 Å². The second-order valence-corrected chi connectivity index (χ2v) is 5.74. The molecule has 0 saturated carbocycles. The summed E-state index contributed by atoms with van der Waals surface area (Å²) in [6.45, 7) is 4.45. The van der Waals surface area contributed by atoms with Crippen molar-refractivity contribution in [1.82, 2.24) is 24.8 Å². The number of nitrogens with one attached hydrogen (secondary N) is 1. The zero-order valence-corrected chi connectivity index (χ0v) is 12.2. The van der Waals surface area contributed by atoms with Crippen LogP contribution in [-0.2, 0) is 6.54 Å². The molecule has 0 unspecified atom stereocenters. The zero-order valence-electron chi connectivity index (χ0n) is 11.3. The largest absolute Gasteiger partial charge is 0.362 e. The molecule has 0 fully saturated rings. The molecular formula is C12H12F2N6S. The number of hydrogen-bond acceptors (Lipinski definition) is 6. The maximum atomic E-state index is 12.8. The Morgan fingerprint density at radius 1 is 1.29 bits per heavy atom. The van der Waals surface area contributed by atoms with Crippen molar-refractivity contribution in [2.45, 2.75) is 26.8 Å². The zero-order chi connectivity index (χ0) is 15.0. The number of aryl methyl sites for hydroxylation is 2. The second kappa shape index (κ2) is 5.32. The molecule has 0 spiro atoms. The third-order valence-electron chi connectivity index (χ3n) is 2.98. The lowest BCUT2D eigenvalue weighted by atomic mass is 10.4. The van der Waals surface area contributed by atoms with E-state index in [0.717, 1.165) is 20.1 Å². The van der Waals surface area contributed by atoms with Crippen molar-refractivity contribution in [3.63, 3.8) is 0 Å². The Kier molecular flexibility index (Phi) is 3.50. The lowest BCUT2D eigenvalue weighted by Gasteiger charge is -2.04. The minimum absolute atomic E-state index is 0.289. The van der Waals surface area contributed by atoms with Crippen LogP contribution >= 0.6 is 11.3 Å². The van der Waals surface area contributed by atoms with Crippen molar-refractivity contribution in [2.24, 2.45) is 0 Å². The van der Waals surface area contributed by atoms with E-state index in [2.05, 4.69) is 25.6 Å². The molecule has 0 atom stereocenters. The highest BCUT2D eigenvalue weighted by Gasteiger charge is 2.17. The molecule has 21 heavy (non-hydrogen) atoms. The van der Waals surface area contributed by atoms with Crippen molar-refractivity contribution in [2.75, 3.05) is 5.32 Å². The number of halogens is 2. The summed E-state index contributed by atoms with van der Waals surface area (Å²) in [7, 11) is 0. The number of aromatic nitrogens is 5. The van der Waals surface area contributed by atoms with Crippen LogP contribution in [0.3, 0.4) is 0 Å². The standard InChI is InChI=1S/C12H12F2N6S/c1-6-7(2)21-10(16-6)5-15-8-3-4-9-17-18-12(11(13)14)20(9)19-8/h3-4,11H,5H2,1-2H3,(H,15,19). The van der Waals surface area contributed by atoms with Crippen molar-refractivity contribution in [3.8, 4) is 0 Å². The Morgan fingerprint density at radius 2 is 2.10 bits per heavy atom. The summed E-state index contributed by atoms with van der Waals surface area (Å²) in [4.78, 5) is 5.56. The van der Waals surface area contributed by atoms with Gasteiger partial charge in [0.1, 0.15) is 10.8 Å². The maximum absolute atomic E-state index is 12.8. The summed E-state index contributed by atoms with van der Waals surface area (Å²) < 4.78 is 26.6. The molecule has 0 aromatic carbocycles. The quantitative estimate of drug-likeness (QED) is 0.802. The van der Waals surface area contributed by atoms with E-state index < -0.39 is 12.2 Å². The predicted molar refractivity (Wildman–Crippen MR) is 74.7 cm³/mol. The normalized spacial score (nSPS) is 11.5. The van der Waals surface area contributed by atoms with E-state index in [0.29, 0.717) is 12.4 Å². The van der Waals surface area contributed by atoms with Gasteiger partial charge in [-0.2, -0.15) is 4.52 Å². The first-order chi connectivity index (χ1) is 10.0. The number of hydrogen-bond donors (Lipinski definition) is 1. The molecule has 110 valence electrons. The Morgan fingerprint density at radius 3 is 2.76 bits per heavy atom. The highest BCUT2D eigenvalue weighted by molar-refractivity contribution is 7.11. The van der Waals surface area contributed by atoms with E-state index in [1.165, 1.54) is 0 Å². The number of alkyl halides is 2. The van der Waals surface area contributed by atoms with Gasteiger partial charge in [-0.3, -0.25) is 0 Å². The average molecular weight is 310 g/mol. The van der Waals surface area contributed by atoms with Crippen LogP contribution in [0.25, 0.3) is 5.65 Å². The van der Waals surface area contributed by atoms with Gasteiger partial charge in [0.15, 0.2) is 5.65 Å². The molecule has 0 radical (unpaired) electrons. The molecule has 1 N–H and O–H groups in total. The van der Waals surface area contributed by atoms with Crippen LogP contribution < -0.4 is 5.32 Å². The van der Waals surface area contributed by atoms with E-state index in [1.54, 1.807) is 23.5 Å². The van der Waals surface area contributed by atoms with Gasteiger partial charge in [-0.05, 0) is 26.0 Å². The molecule has 3 aromatic rings. The van der Waals surface area contributed by atoms with E-state index >= 15 is 0 Å². The van der Waals surface area contributed by atoms with Gasteiger partial charge >= 0.3 is 0 Å². The number of anilines is 1. The lowest BCUT2D eigenvalue weighted by molar-refractivity contribution is 0.137. The fourth-order valence-electron chi connectivity index (χ4n) is 1.82. The first-order valence-electron chi connectivity index (χ1n) is 6.22.